The summed E-state index contributed by atoms with van der Waals surface area (Å²) in [7, 11) is 0. The first kappa shape index (κ1) is 15.9. The minimum Gasteiger partial charge on any atom is -0.340 e. The Morgan fingerprint density at radius 2 is 1.95 bits per heavy atom. The summed E-state index contributed by atoms with van der Waals surface area (Å²) in [6.07, 6.45) is 0.935. The average molecular weight is 357 g/mol. The van der Waals surface area contributed by atoms with E-state index in [0.29, 0.717) is 17.3 Å². The molecule has 1 aromatic carbocycles. The minimum atomic E-state index is -0.955. The van der Waals surface area contributed by atoms with Gasteiger partial charge in [0.25, 0.3) is 5.91 Å². The van der Waals surface area contributed by atoms with Crippen molar-refractivity contribution < 1.29 is 14.0 Å². The zero-order valence-corrected chi connectivity index (χ0v) is 13.8. The number of nitrogens with zero attached hydrogens (tertiary/aromatic N) is 1. The number of rotatable bonds is 3. The molecule has 1 fully saturated rings. The summed E-state index contributed by atoms with van der Waals surface area (Å²) < 4.78 is 14.8. The van der Waals surface area contributed by atoms with Crippen LogP contribution in [0.5, 0.6) is 0 Å². The molecule has 2 rings (SSSR count). The summed E-state index contributed by atoms with van der Waals surface area (Å²) in [5, 5.41) is 2.80. The van der Waals surface area contributed by atoms with Crippen molar-refractivity contribution in [2.75, 3.05) is 4.90 Å². The van der Waals surface area contributed by atoms with Crippen molar-refractivity contribution in [2.45, 2.75) is 45.2 Å². The number of piperazine rings is 1. The summed E-state index contributed by atoms with van der Waals surface area (Å²) in [6.45, 7) is 5.28. The highest BCUT2D eigenvalue weighted by molar-refractivity contribution is 9.10. The van der Waals surface area contributed by atoms with Gasteiger partial charge in [0, 0.05) is 4.47 Å². The lowest BCUT2D eigenvalue weighted by atomic mass is 9.87. The Morgan fingerprint density at radius 3 is 2.48 bits per heavy atom. The number of carbonyl (C=O) groups is 2. The van der Waals surface area contributed by atoms with Crippen LogP contribution in [0.2, 0.25) is 0 Å². The maximum atomic E-state index is 14.2. The van der Waals surface area contributed by atoms with Crippen LogP contribution in [0.25, 0.3) is 0 Å². The summed E-state index contributed by atoms with van der Waals surface area (Å²) in [5.41, 5.74) is -0.819. The Bertz CT molecular complexity index is 587. The molecule has 0 bridgehead atoms. The van der Waals surface area contributed by atoms with Crippen LogP contribution in [0.15, 0.2) is 22.7 Å². The average Bonchev–Trinajstić information content (AvgIpc) is 2.45. The van der Waals surface area contributed by atoms with Crippen molar-refractivity contribution in [1.82, 2.24) is 5.32 Å². The largest absolute Gasteiger partial charge is 0.340 e. The Balaban J connectivity index is 2.53. The van der Waals surface area contributed by atoms with Crippen LogP contribution in [0, 0.1) is 5.82 Å². The van der Waals surface area contributed by atoms with E-state index in [9.17, 15) is 14.0 Å². The molecular weight excluding hydrogens is 339 g/mol. The van der Waals surface area contributed by atoms with Crippen molar-refractivity contribution in [1.29, 1.82) is 0 Å². The maximum absolute atomic E-state index is 14.2. The lowest BCUT2D eigenvalue weighted by molar-refractivity contribution is -0.138. The molecule has 4 nitrogen and oxygen atoms in total. The summed E-state index contributed by atoms with van der Waals surface area (Å²) in [4.78, 5) is 26.3. The number of anilines is 1. The van der Waals surface area contributed by atoms with Crippen LogP contribution in [0.3, 0.4) is 0 Å². The zero-order valence-electron chi connectivity index (χ0n) is 12.2. The molecule has 0 radical (unpaired) electrons. The van der Waals surface area contributed by atoms with Gasteiger partial charge in [-0.25, -0.2) is 4.39 Å². The van der Waals surface area contributed by atoms with Gasteiger partial charge in [0.2, 0.25) is 5.91 Å². The van der Waals surface area contributed by atoms with E-state index >= 15 is 0 Å². The van der Waals surface area contributed by atoms with Gasteiger partial charge in [0.1, 0.15) is 17.4 Å². The van der Waals surface area contributed by atoms with Crippen LogP contribution in [0.1, 0.15) is 33.6 Å². The minimum absolute atomic E-state index is 0.136. The van der Waals surface area contributed by atoms with E-state index in [1.54, 1.807) is 13.0 Å². The molecule has 1 aromatic rings. The van der Waals surface area contributed by atoms with Gasteiger partial charge in [-0.05, 0) is 38.0 Å². The molecule has 0 saturated carbocycles. The molecule has 1 aliphatic rings. The van der Waals surface area contributed by atoms with E-state index in [2.05, 4.69) is 21.2 Å². The zero-order chi connectivity index (χ0) is 15.8. The van der Waals surface area contributed by atoms with Gasteiger partial charge in [0.05, 0.1) is 5.69 Å². The third-order valence-corrected chi connectivity index (χ3v) is 4.63. The lowest BCUT2D eigenvalue weighted by Crippen LogP contribution is -2.69. The molecule has 6 heteroatoms. The van der Waals surface area contributed by atoms with E-state index in [0.717, 1.165) is 0 Å². The second-order valence-corrected chi connectivity index (χ2v) is 6.14. The Hall–Kier alpha value is -1.43. The maximum Gasteiger partial charge on any atom is 0.253 e. The number of halogens is 2. The fourth-order valence-corrected chi connectivity index (χ4v) is 2.97. The molecule has 1 saturated heterocycles. The van der Waals surface area contributed by atoms with E-state index in [4.69, 9.17) is 0 Å². The molecule has 1 heterocycles. The van der Waals surface area contributed by atoms with Crippen molar-refractivity contribution >= 4 is 33.4 Å². The van der Waals surface area contributed by atoms with Gasteiger partial charge < -0.3 is 5.32 Å². The number of hydrogen-bond donors (Lipinski definition) is 1. The van der Waals surface area contributed by atoms with Gasteiger partial charge >= 0.3 is 0 Å². The van der Waals surface area contributed by atoms with Crippen LogP contribution in [-0.2, 0) is 9.59 Å². The van der Waals surface area contributed by atoms with Gasteiger partial charge in [-0.15, -0.1) is 0 Å². The highest BCUT2D eigenvalue weighted by Gasteiger charge is 2.48. The van der Waals surface area contributed by atoms with Crippen molar-refractivity contribution in [3.05, 3.63) is 28.5 Å². The summed E-state index contributed by atoms with van der Waals surface area (Å²) in [5.74, 6) is -1.05. The molecule has 21 heavy (non-hydrogen) atoms. The number of nitrogens with one attached hydrogen (secondary N) is 1. The third kappa shape index (κ3) is 2.57. The number of amides is 2. The topological polar surface area (TPSA) is 49.4 Å². The molecular formula is C15H18BrFN2O2. The van der Waals surface area contributed by atoms with E-state index in [1.165, 1.54) is 17.0 Å². The molecule has 0 aromatic heterocycles. The first-order chi connectivity index (χ1) is 9.86. The number of benzene rings is 1. The normalized spacial score (nSPS) is 21.4. The van der Waals surface area contributed by atoms with Crippen LogP contribution < -0.4 is 10.2 Å². The third-order valence-electron chi connectivity index (χ3n) is 4.13. The van der Waals surface area contributed by atoms with Gasteiger partial charge in [0.15, 0.2) is 0 Å². The predicted octanol–water partition coefficient (Wildman–Crippen LogP) is 3.00. The van der Waals surface area contributed by atoms with Crippen molar-refractivity contribution in [2.24, 2.45) is 0 Å². The Kier molecular flexibility index (Phi) is 4.37. The molecule has 2 amide bonds. The first-order valence-corrected chi connectivity index (χ1v) is 7.76. The Labute approximate surface area is 131 Å². The van der Waals surface area contributed by atoms with E-state index in [-0.39, 0.29) is 17.5 Å². The quantitative estimate of drug-likeness (QED) is 0.904. The van der Waals surface area contributed by atoms with E-state index in [1.807, 2.05) is 13.8 Å². The van der Waals surface area contributed by atoms with Gasteiger partial charge in [-0.2, -0.15) is 0 Å². The van der Waals surface area contributed by atoms with Gasteiger partial charge in [-0.1, -0.05) is 29.8 Å². The smallest absolute Gasteiger partial charge is 0.253 e. The van der Waals surface area contributed by atoms with Crippen molar-refractivity contribution in [3.63, 3.8) is 0 Å². The molecule has 1 unspecified atom stereocenters. The monoisotopic (exact) mass is 356 g/mol. The highest BCUT2D eigenvalue weighted by Crippen LogP contribution is 2.32. The molecule has 1 N–H and O–H groups in total. The second-order valence-electron chi connectivity index (χ2n) is 5.23. The van der Waals surface area contributed by atoms with E-state index < -0.39 is 17.4 Å². The predicted molar refractivity (Wildman–Crippen MR) is 82.5 cm³/mol. The first-order valence-electron chi connectivity index (χ1n) is 6.97. The van der Waals surface area contributed by atoms with Crippen LogP contribution >= 0.6 is 15.9 Å². The summed E-state index contributed by atoms with van der Waals surface area (Å²) in [6, 6.07) is 3.73. The highest BCUT2D eigenvalue weighted by atomic mass is 79.9. The standard InChI is InChI=1S/C15H18BrFN2O2/c1-4-15(5-2)14(21)19(9(3)13(20)18-15)12-7-6-10(16)8-11(12)17/h6-9H,4-5H2,1-3H3,(H,18,20). The molecule has 114 valence electrons. The van der Waals surface area contributed by atoms with Gasteiger partial charge in [-0.3, -0.25) is 14.5 Å². The van der Waals surface area contributed by atoms with Crippen molar-refractivity contribution in [3.8, 4) is 0 Å². The summed E-state index contributed by atoms with van der Waals surface area (Å²) >= 11 is 3.19. The Morgan fingerprint density at radius 1 is 1.33 bits per heavy atom. The SMILES string of the molecule is CCC1(CC)NC(=O)C(C)N(c2ccc(Br)cc2F)C1=O. The van der Waals surface area contributed by atoms with Crippen LogP contribution in [0.4, 0.5) is 10.1 Å². The molecule has 0 aliphatic carbocycles. The lowest BCUT2D eigenvalue weighted by Gasteiger charge is -2.44. The fraction of sp³-hybridized carbons (Fsp3) is 0.467. The molecule has 0 spiro atoms. The molecule has 1 aliphatic heterocycles. The number of hydrogen-bond acceptors (Lipinski definition) is 2. The number of carbonyl (C=O) groups excluding carboxylic acids is 2. The second kappa shape index (κ2) is 5.75. The van der Waals surface area contributed by atoms with Crippen LogP contribution in [-0.4, -0.2) is 23.4 Å². The fourth-order valence-electron chi connectivity index (χ4n) is 2.64. The molecule has 1 atom stereocenters.